The summed E-state index contributed by atoms with van der Waals surface area (Å²) in [6.07, 6.45) is 5.45. The molecule has 1 nitrogen and oxygen atoms in total. The summed E-state index contributed by atoms with van der Waals surface area (Å²) in [4.78, 5) is 10.9. The molecule has 2 atom stereocenters. The largest absolute Gasteiger partial charge is 0.295 e. The van der Waals surface area contributed by atoms with Crippen molar-refractivity contribution in [2.24, 2.45) is 11.8 Å². The smallest absolute Gasteiger partial charge is 0.155 e. The second-order valence-corrected chi connectivity index (χ2v) is 6.86. The number of ketones is 1. The summed E-state index contributed by atoms with van der Waals surface area (Å²) < 4.78 is 0.108. The fourth-order valence-corrected chi connectivity index (χ4v) is 3.35. The Kier molecular flexibility index (Phi) is 1.76. The van der Waals surface area contributed by atoms with Crippen LogP contribution >= 0.6 is 31.9 Å². The highest BCUT2D eigenvalue weighted by Crippen LogP contribution is 2.64. The molecule has 0 saturated heterocycles. The SMILES string of the molecule is O=C1C=CC2C(CC1)C2(Br)Br. The van der Waals surface area contributed by atoms with Crippen molar-refractivity contribution in [3.05, 3.63) is 12.2 Å². The minimum Gasteiger partial charge on any atom is -0.295 e. The van der Waals surface area contributed by atoms with E-state index in [0.29, 0.717) is 18.3 Å². The molecule has 0 heterocycles. The number of halogens is 2. The standard InChI is InChI=1S/C8H8Br2O/c9-8(10)6-3-1-5(11)2-4-7(6)8/h1,3,6-7H,2,4H2. The molecule has 0 aromatic heterocycles. The Bertz CT molecular complexity index is 232. The molecule has 60 valence electrons. The molecule has 0 aromatic carbocycles. The summed E-state index contributed by atoms with van der Waals surface area (Å²) in [6, 6.07) is 0. The van der Waals surface area contributed by atoms with Crippen LogP contribution in [0.25, 0.3) is 0 Å². The number of carbonyl (C=O) groups is 1. The van der Waals surface area contributed by atoms with Gasteiger partial charge in [0.25, 0.3) is 0 Å². The zero-order chi connectivity index (χ0) is 8.06. The highest BCUT2D eigenvalue weighted by Gasteiger charge is 2.60. The fourth-order valence-electron chi connectivity index (χ4n) is 1.64. The van der Waals surface area contributed by atoms with Gasteiger partial charge in [-0.25, -0.2) is 0 Å². The quantitative estimate of drug-likeness (QED) is 0.623. The Morgan fingerprint density at radius 2 is 2.27 bits per heavy atom. The number of rotatable bonds is 0. The van der Waals surface area contributed by atoms with Gasteiger partial charge in [0.2, 0.25) is 0 Å². The molecule has 0 spiro atoms. The first-order valence-corrected chi connectivity index (χ1v) is 5.30. The molecule has 1 saturated carbocycles. The summed E-state index contributed by atoms with van der Waals surface area (Å²) >= 11 is 7.18. The van der Waals surface area contributed by atoms with Crippen LogP contribution in [0.2, 0.25) is 0 Å². The maximum Gasteiger partial charge on any atom is 0.155 e. The third-order valence-corrected chi connectivity index (χ3v) is 4.69. The summed E-state index contributed by atoms with van der Waals surface area (Å²) in [5, 5.41) is 0. The van der Waals surface area contributed by atoms with E-state index in [1.54, 1.807) is 6.08 Å². The van der Waals surface area contributed by atoms with E-state index in [-0.39, 0.29) is 9.02 Å². The summed E-state index contributed by atoms with van der Waals surface area (Å²) in [6.45, 7) is 0. The zero-order valence-corrected chi connectivity index (χ0v) is 9.06. The lowest BCUT2D eigenvalue weighted by Gasteiger charge is -1.97. The van der Waals surface area contributed by atoms with Gasteiger partial charge in [-0.1, -0.05) is 37.9 Å². The summed E-state index contributed by atoms with van der Waals surface area (Å²) in [7, 11) is 0. The zero-order valence-electron chi connectivity index (χ0n) is 5.89. The number of hydrogen-bond acceptors (Lipinski definition) is 1. The van der Waals surface area contributed by atoms with Crippen LogP contribution in [-0.2, 0) is 4.79 Å². The van der Waals surface area contributed by atoms with Crippen molar-refractivity contribution in [2.75, 3.05) is 0 Å². The van der Waals surface area contributed by atoms with Crippen LogP contribution in [0.3, 0.4) is 0 Å². The average molecular weight is 280 g/mol. The molecule has 1 fully saturated rings. The molecule has 0 radical (unpaired) electrons. The molecular weight excluding hydrogens is 272 g/mol. The Balaban J connectivity index is 2.17. The van der Waals surface area contributed by atoms with E-state index in [4.69, 9.17) is 0 Å². The van der Waals surface area contributed by atoms with Crippen LogP contribution < -0.4 is 0 Å². The van der Waals surface area contributed by atoms with Crippen LogP contribution in [-0.4, -0.2) is 9.02 Å². The lowest BCUT2D eigenvalue weighted by Crippen LogP contribution is -1.96. The molecule has 2 aliphatic rings. The molecule has 0 aliphatic heterocycles. The van der Waals surface area contributed by atoms with Crippen molar-refractivity contribution in [1.82, 2.24) is 0 Å². The van der Waals surface area contributed by atoms with Crippen LogP contribution in [0.5, 0.6) is 0 Å². The first-order chi connectivity index (χ1) is 5.12. The second-order valence-electron chi connectivity index (χ2n) is 3.17. The predicted molar refractivity (Wildman–Crippen MR) is 50.9 cm³/mol. The summed E-state index contributed by atoms with van der Waals surface area (Å²) in [5.74, 6) is 1.41. The first kappa shape index (κ1) is 7.99. The number of fused-ring (bicyclic) bond motifs is 1. The van der Waals surface area contributed by atoms with Gasteiger partial charge in [-0.05, 0) is 18.4 Å². The van der Waals surface area contributed by atoms with Crippen molar-refractivity contribution < 1.29 is 4.79 Å². The van der Waals surface area contributed by atoms with Crippen LogP contribution in [0.1, 0.15) is 12.8 Å². The van der Waals surface area contributed by atoms with Crippen LogP contribution in [0.15, 0.2) is 12.2 Å². The molecule has 0 N–H and O–H groups in total. The van der Waals surface area contributed by atoms with Crippen LogP contribution in [0.4, 0.5) is 0 Å². The third kappa shape index (κ3) is 1.22. The Morgan fingerprint density at radius 3 is 3.00 bits per heavy atom. The maximum absolute atomic E-state index is 10.9. The first-order valence-electron chi connectivity index (χ1n) is 3.71. The molecule has 2 unspecified atom stereocenters. The van der Waals surface area contributed by atoms with Gasteiger partial charge < -0.3 is 0 Å². The normalized spacial score (nSPS) is 39.6. The van der Waals surface area contributed by atoms with Gasteiger partial charge in [0.05, 0.1) is 3.23 Å². The molecule has 0 bridgehead atoms. The van der Waals surface area contributed by atoms with Gasteiger partial charge in [0.15, 0.2) is 5.78 Å². The second kappa shape index (κ2) is 2.43. The van der Waals surface area contributed by atoms with E-state index in [2.05, 4.69) is 31.9 Å². The monoisotopic (exact) mass is 278 g/mol. The van der Waals surface area contributed by atoms with E-state index in [1.807, 2.05) is 6.08 Å². The Labute approximate surface area is 82.5 Å². The van der Waals surface area contributed by atoms with E-state index < -0.39 is 0 Å². The molecule has 11 heavy (non-hydrogen) atoms. The predicted octanol–water partition coefficient (Wildman–Crippen LogP) is 2.64. The molecule has 2 rings (SSSR count). The van der Waals surface area contributed by atoms with Gasteiger partial charge in [0, 0.05) is 12.3 Å². The van der Waals surface area contributed by atoms with E-state index in [9.17, 15) is 4.79 Å². The minimum absolute atomic E-state index is 0.108. The number of allylic oxidation sites excluding steroid dienone is 2. The highest BCUT2D eigenvalue weighted by molar-refractivity contribution is 9.25. The molecular formula is C8H8Br2O. The fraction of sp³-hybridized carbons (Fsp3) is 0.625. The van der Waals surface area contributed by atoms with E-state index >= 15 is 0 Å². The topological polar surface area (TPSA) is 17.1 Å². The molecule has 2 aliphatic carbocycles. The van der Waals surface area contributed by atoms with Gasteiger partial charge in [-0.15, -0.1) is 0 Å². The number of hydrogen-bond donors (Lipinski definition) is 0. The van der Waals surface area contributed by atoms with Gasteiger partial charge in [-0.3, -0.25) is 4.79 Å². The van der Waals surface area contributed by atoms with Crippen molar-refractivity contribution in [3.63, 3.8) is 0 Å². The maximum atomic E-state index is 10.9. The van der Waals surface area contributed by atoms with E-state index in [1.165, 1.54) is 0 Å². The third-order valence-electron chi connectivity index (χ3n) is 2.45. The highest BCUT2D eigenvalue weighted by atomic mass is 79.9. The number of carbonyl (C=O) groups excluding carboxylic acids is 1. The van der Waals surface area contributed by atoms with Crippen molar-refractivity contribution in [2.45, 2.75) is 16.1 Å². The number of alkyl halides is 2. The van der Waals surface area contributed by atoms with Crippen molar-refractivity contribution in [3.8, 4) is 0 Å². The lowest BCUT2D eigenvalue weighted by atomic mass is 10.2. The van der Waals surface area contributed by atoms with Gasteiger partial charge >= 0.3 is 0 Å². The average Bonchev–Trinajstić information content (AvgIpc) is 2.51. The van der Waals surface area contributed by atoms with Gasteiger partial charge in [0.1, 0.15) is 0 Å². The minimum atomic E-state index is 0.108. The van der Waals surface area contributed by atoms with Crippen molar-refractivity contribution in [1.29, 1.82) is 0 Å². The van der Waals surface area contributed by atoms with Crippen LogP contribution in [0, 0.1) is 11.8 Å². The summed E-state index contributed by atoms with van der Waals surface area (Å²) in [5.41, 5.74) is 0. The molecule has 0 amide bonds. The lowest BCUT2D eigenvalue weighted by molar-refractivity contribution is -0.114. The van der Waals surface area contributed by atoms with Gasteiger partial charge in [-0.2, -0.15) is 0 Å². The molecule has 3 heteroatoms. The Hall–Kier alpha value is 0.370. The van der Waals surface area contributed by atoms with Crippen molar-refractivity contribution >= 4 is 37.6 Å². The Morgan fingerprint density at radius 1 is 1.55 bits per heavy atom. The molecule has 0 aromatic rings. The van der Waals surface area contributed by atoms with E-state index in [0.717, 1.165) is 6.42 Å².